The van der Waals surface area contributed by atoms with E-state index in [0.717, 1.165) is 18.3 Å². The van der Waals surface area contributed by atoms with Gasteiger partial charge in [0.25, 0.3) is 16.1 Å². The molecule has 2 aliphatic rings. The predicted octanol–water partition coefficient (Wildman–Crippen LogP) is 3.01. The second-order valence-electron chi connectivity index (χ2n) is 10.1. The van der Waals surface area contributed by atoms with E-state index in [-0.39, 0.29) is 46.5 Å². The summed E-state index contributed by atoms with van der Waals surface area (Å²) < 4.78 is 91.7. The van der Waals surface area contributed by atoms with Crippen LogP contribution in [0.5, 0.6) is 0 Å². The fourth-order valence-electron chi connectivity index (χ4n) is 5.61. The Morgan fingerprint density at radius 3 is 2.65 bits per heavy atom. The second-order valence-corrected chi connectivity index (χ2v) is 11.9. The molecule has 0 bridgehead atoms. The summed E-state index contributed by atoms with van der Waals surface area (Å²) in [5.74, 6) is -1.90. The van der Waals surface area contributed by atoms with E-state index in [9.17, 15) is 26.4 Å². The summed E-state index contributed by atoms with van der Waals surface area (Å²) in [4.78, 5) is 25.2. The Kier molecular flexibility index (Phi) is 7.07. The highest BCUT2D eigenvalue weighted by molar-refractivity contribution is 7.87. The van der Waals surface area contributed by atoms with Crippen molar-refractivity contribution in [2.24, 2.45) is 5.92 Å². The number of aromatic nitrogens is 4. The lowest BCUT2D eigenvalue weighted by molar-refractivity contribution is -0.137. The van der Waals surface area contributed by atoms with Gasteiger partial charge in [0.05, 0.1) is 30.9 Å². The van der Waals surface area contributed by atoms with Gasteiger partial charge in [-0.05, 0) is 36.8 Å². The van der Waals surface area contributed by atoms with Crippen molar-refractivity contribution in [2.75, 3.05) is 31.3 Å². The van der Waals surface area contributed by atoms with Crippen LogP contribution in [0.1, 0.15) is 34.2 Å². The molecule has 2 saturated heterocycles. The number of nitrogens with zero attached hydrogens (tertiary/aromatic N) is 5. The summed E-state index contributed by atoms with van der Waals surface area (Å²) in [7, 11) is -2.62. The number of imidazole rings is 1. The highest BCUT2D eigenvalue weighted by Gasteiger charge is 2.51. The molecule has 4 N–H and O–H groups in total. The first kappa shape index (κ1) is 28.9. The van der Waals surface area contributed by atoms with Gasteiger partial charge in [-0.15, -0.1) is 0 Å². The number of fused-ring (bicyclic) bond motifs is 2. The van der Waals surface area contributed by atoms with Crippen LogP contribution in [0.4, 0.5) is 29.2 Å². The first-order valence-electron chi connectivity index (χ1n) is 13.0. The van der Waals surface area contributed by atoms with Gasteiger partial charge in [-0.25, -0.2) is 24.1 Å². The Morgan fingerprint density at radius 1 is 1.14 bits per heavy atom. The topological polar surface area (TPSA) is 157 Å². The first-order valence-corrected chi connectivity index (χ1v) is 14.4. The largest absolute Gasteiger partial charge is 0.416 e. The van der Waals surface area contributed by atoms with Crippen molar-refractivity contribution in [2.45, 2.75) is 24.7 Å². The molecule has 0 unspecified atom stereocenters. The van der Waals surface area contributed by atoms with Crippen molar-refractivity contribution in [1.82, 2.24) is 28.4 Å². The van der Waals surface area contributed by atoms with Gasteiger partial charge in [-0.3, -0.25) is 9.20 Å². The van der Waals surface area contributed by atoms with E-state index >= 15 is 4.39 Å². The zero-order valence-corrected chi connectivity index (χ0v) is 23.2. The summed E-state index contributed by atoms with van der Waals surface area (Å²) in [6, 6.07) is 3.73. The van der Waals surface area contributed by atoms with Crippen LogP contribution in [0.25, 0.3) is 16.8 Å². The standard InChI is InChI=1S/C26H24F4N8O4S/c1-32-43(40,41)38-18(9-14-11-42-12-19(14)38)24-36-21(22-23(31)34-6-7-37(22)24)16-3-2-13(8-17(16)27)25(39)35-20-10-15(4-5-33-20)26(28,29)30/h2-8,10,14,18-19,32H,9,11-12H2,1H3,(H2,31,34)(H,33,35,39)/t14-,18-,19+/m0/s1. The van der Waals surface area contributed by atoms with Crippen LogP contribution in [-0.4, -0.2) is 64.3 Å². The van der Waals surface area contributed by atoms with Crippen molar-refractivity contribution in [3.05, 3.63) is 71.7 Å². The van der Waals surface area contributed by atoms with Crippen LogP contribution in [0, 0.1) is 11.7 Å². The number of anilines is 2. The monoisotopic (exact) mass is 620 g/mol. The number of rotatable bonds is 6. The number of benzene rings is 1. The molecule has 3 aromatic heterocycles. The van der Waals surface area contributed by atoms with E-state index < -0.39 is 45.8 Å². The lowest BCUT2D eigenvalue weighted by Crippen LogP contribution is -2.45. The number of nitrogens with one attached hydrogen (secondary N) is 2. The maximum atomic E-state index is 15.6. The summed E-state index contributed by atoms with van der Waals surface area (Å²) in [5.41, 5.74) is 5.24. The molecule has 5 heterocycles. The van der Waals surface area contributed by atoms with E-state index in [1.165, 1.54) is 29.7 Å². The van der Waals surface area contributed by atoms with Gasteiger partial charge in [-0.2, -0.15) is 25.9 Å². The number of alkyl halides is 3. The Balaban J connectivity index is 1.37. The minimum absolute atomic E-state index is 0.0117. The van der Waals surface area contributed by atoms with Gasteiger partial charge < -0.3 is 15.8 Å². The predicted molar refractivity (Wildman–Crippen MR) is 145 cm³/mol. The zero-order valence-electron chi connectivity index (χ0n) is 22.3. The van der Waals surface area contributed by atoms with Crippen LogP contribution in [0.15, 0.2) is 48.9 Å². The molecule has 0 saturated carbocycles. The first-order chi connectivity index (χ1) is 20.4. The normalized spacial score (nSPS) is 20.9. The number of pyridine rings is 1. The Hall–Kier alpha value is -4.19. The highest BCUT2D eigenvalue weighted by atomic mass is 32.2. The minimum atomic E-state index is -4.64. The molecule has 1 aromatic carbocycles. The van der Waals surface area contributed by atoms with E-state index in [2.05, 4.69) is 25.0 Å². The summed E-state index contributed by atoms with van der Waals surface area (Å²) in [5, 5.41) is 2.24. The third kappa shape index (κ3) is 5.07. The van der Waals surface area contributed by atoms with Gasteiger partial charge in [-0.1, -0.05) is 0 Å². The van der Waals surface area contributed by atoms with Crippen LogP contribution in [-0.2, 0) is 21.1 Å². The number of carbonyl (C=O) groups excluding carboxylic acids is 1. The molecule has 0 aliphatic carbocycles. The molecular formula is C26H24F4N8O4S. The molecule has 2 fully saturated rings. The molecule has 4 aromatic rings. The van der Waals surface area contributed by atoms with E-state index in [1.54, 1.807) is 10.6 Å². The molecule has 3 atom stereocenters. The molecule has 226 valence electrons. The molecule has 12 nitrogen and oxygen atoms in total. The van der Waals surface area contributed by atoms with Crippen molar-refractivity contribution in [3.63, 3.8) is 0 Å². The average molecular weight is 621 g/mol. The average Bonchev–Trinajstić information content (AvgIpc) is 3.66. The van der Waals surface area contributed by atoms with Crippen molar-refractivity contribution >= 4 is 33.3 Å². The number of halogens is 4. The fourth-order valence-corrected chi connectivity index (χ4v) is 6.92. The van der Waals surface area contributed by atoms with Crippen LogP contribution >= 0.6 is 0 Å². The SMILES string of the molecule is CNS(=O)(=O)N1[C@@H]2COC[C@@H]2C[C@H]1c1nc(-c2ccc(C(=O)Nc3cc(C(F)(F)F)ccn3)cc2F)c2c(N)nccn12. The molecule has 6 rings (SSSR count). The lowest BCUT2D eigenvalue weighted by Gasteiger charge is -2.27. The Bertz CT molecular complexity index is 1850. The summed E-state index contributed by atoms with van der Waals surface area (Å²) >= 11 is 0. The smallest absolute Gasteiger partial charge is 0.382 e. The molecule has 0 radical (unpaired) electrons. The number of amides is 1. The maximum Gasteiger partial charge on any atom is 0.416 e. The van der Waals surface area contributed by atoms with Crippen molar-refractivity contribution in [1.29, 1.82) is 0 Å². The Morgan fingerprint density at radius 2 is 1.93 bits per heavy atom. The van der Waals surface area contributed by atoms with Crippen molar-refractivity contribution in [3.8, 4) is 11.3 Å². The summed E-state index contributed by atoms with van der Waals surface area (Å²) in [6.07, 6.45) is -0.377. The summed E-state index contributed by atoms with van der Waals surface area (Å²) in [6.45, 7) is 0.598. The van der Waals surface area contributed by atoms with E-state index in [0.29, 0.717) is 24.9 Å². The van der Waals surface area contributed by atoms with Gasteiger partial charge in [0, 0.05) is 42.7 Å². The molecule has 17 heteroatoms. The van der Waals surface area contributed by atoms with Gasteiger partial charge in [0.1, 0.15) is 34.5 Å². The van der Waals surface area contributed by atoms with Gasteiger partial charge in [0.15, 0.2) is 0 Å². The second kappa shape index (κ2) is 10.5. The van der Waals surface area contributed by atoms with Gasteiger partial charge in [0.2, 0.25) is 0 Å². The molecular weight excluding hydrogens is 596 g/mol. The lowest BCUT2D eigenvalue weighted by atomic mass is 10.0. The quantitative estimate of drug-likeness (QED) is 0.278. The van der Waals surface area contributed by atoms with Gasteiger partial charge >= 0.3 is 6.18 Å². The third-order valence-electron chi connectivity index (χ3n) is 7.58. The number of carbonyl (C=O) groups is 1. The van der Waals surface area contributed by atoms with E-state index in [4.69, 9.17) is 10.5 Å². The fraction of sp³-hybridized carbons (Fsp3) is 0.308. The number of hydrogen-bond acceptors (Lipinski definition) is 8. The number of ether oxygens (including phenoxy) is 1. The Labute approximate surface area is 242 Å². The minimum Gasteiger partial charge on any atom is -0.382 e. The molecule has 0 spiro atoms. The third-order valence-corrected chi connectivity index (χ3v) is 9.18. The molecule has 43 heavy (non-hydrogen) atoms. The van der Waals surface area contributed by atoms with Crippen LogP contribution in [0.3, 0.4) is 0 Å². The molecule has 2 aliphatic heterocycles. The van der Waals surface area contributed by atoms with E-state index in [1.807, 2.05) is 0 Å². The zero-order chi connectivity index (χ0) is 30.7. The maximum absolute atomic E-state index is 15.6. The van der Waals surface area contributed by atoms with Crippen LogP contribution in [0.2, 0.25) is 0 Å². The highest BCUT2D eigenvalue weighted by Crippen LogP contribution is 2.45. The number of hydrogen-bond donors (Lipinski definition) is 3. The molecule has 1 amide bonds. The number of nitrogens with two attached hydrogens (primary N) is 1. The van der Waals surface area contributed by atoms with Crippen molar-refractivity contribution < 1.29 is 35.5 Å². The van der Waals surface area contributed by atoms with Crippen LogP contribution < -0.4 is 15.8 Å². The number of nitrogen functional groups attached to an aromatic ring is 1.